The summed E-state index contributed by atoms with van der Waals surface area (Å²) in [4.78, 5) is 13.5. The quantitative estimate of drug-likeness (QED) is 0.767. The fourth-order valence-corrected chi connectivity index (χ4v) is 3.35. The molecule has 2 aliphatic heterocycles. The van der Waals surface area contributed by atoms with Crippen molar-refractivity contribution in [1.82, 2.24) is 4.90 Å². The van der Waals surface area contributed by atoms with Crippen LogP contribution in [-0.4, -0.2) is 48.3 Å². The minimum absolute atomic E-state index is 0.131. The van der Waals surface area contributed by atoms with E-state index in [-0.39, 0.29) is 12.0 Å². The highest BCUT2D eigenvalue weighted by atomic mass is 16.5. The van der Waals surface area contributed by atoms with Crippen molar-refractivity contribution >= 4 is 5.97 Å². The molecule has 92 valence electrons. The van der Waals surface area contributed by atoms with Crippen LogP contribution < -0.4 is 0 Å². The first-order valence-electron chi connectivity index (χ1n) is 6.11. The third kappa shape index (κ3) is 2.09. The van der Waals surface area contributed by atoms with Crippen LogP contribution in [0.3, 0.4) is 0 Å². The molecule has 0 radical (unpaired) electrons. The Morgan fingerprint density at radius 1 is 1.56 bits per heavy atom. The average molecular weight is 227 g/mol. The third-order valence-electron chi connectivity index (χ3n) is 3.97. The number of carboxylic acids is 1. The molecule has 4 nitrogen and oxygen atoms in total. The number of aliphatic carboxylic acids is 1. The van der Waals surface area contributed by atoms with Gasteiger partial charge in [-0.2, -0.15) is 0 Å². The molecule has 2 heterocycles. The van der Waals surface area contributed by atoms with E-state index in [1.807, 2.05) is 0 Å². The molecule has 0 saturated carbocycles. The zero-order valence-electron chi connectivity index (χ0n) is 10.1. The van der Waals surface area contributed by atoms with Gasteiger partial charge in [0.1, 0.15) is 0 Å². The number of methoxy groups -OCH3 is 1. The first-order valence-corrected chi connectivity index (χ1v) is 6.11. The number of carbonyl (C=O) groups is 1. The van der Waals surface area contributed by atoms with E-state index in [0.29, 0.717) is 12.0 Å². The van der Waals surface area contributed by atoms with Gasteiger partial charge in [-0.1, -0.05) is 6.92 Å². The Hall–Kier alpha value is -0.610. The molecule has 4 atom stereocenters. The first-order chi connectivity index (χ1) is 7.63. The number of ether oxygens (including phenoxy) is 1. The molecule has 4 heteroatoms. The largest absolute Gasteiger partial charge is 0.481 e. The monoisotopic (exact) mass is 227 g/mol. The molecule has 2 rings (SSSR count). The third-order valence-corrected chi connectivity index (χ3v) is 3.97. The topological polar surface area (TPSA) is 49.8 Å². The molecule has 2 saturated heterocycles. The Balaban J connectivity index is 1.94. The summed E-state index contributed by atoms with van der Waals surface area (Å²) in [5.41, 5.74) is 0. The summed E-state index contributed by atoms with van der Waals surface area (Å²) in [6, 6.07) is 0.784. The predicted octanol–water partition coefficient (Wildman–Crippen LogP) is 1.21. The number of fused-ring (bicyclic) bond motifs is 2. The second kappa shape index (κ2) is 4.72. The average Bonchev–Trinajstić information content (AvgIpc) is 2.75. The van der Waals surface area contributed by atoms with Crippen molar-refractivity contribution in [3.8, 4) is 0 Å². The zero-order valence-corrected chi connectivity index (χ0v) is 10.1. The van der Waals surface area contributed by atoms with Crippen molar-refractivity contribution in [1.29, 1.82) is 0 Å². The first kappa shape index (κ1) is 11.9. The molecule has 2 aliphatic rings. The van der Waals surface area contributed by atoms with Crippen LogP contribution in [0.1, 0.15) is 26.2 Å². The van der Waals surface area contributed by atoms with Gasteiger partial charge in [0.05, 0.1) is 5.92 Å². The van der Waals surface area contributed by atoms with Gasteiger partial charge in [-0.05, 0) is 25.2 Å². The highest BCUT2D eigenvalue weighted by molar-refractivity contribution is 5.71. The fraction of sp³-hybridized carbons (Fsp3) is 0.917. The van der Waals surface area contributed by atoms with Gasteiger partial charge < -0.3 is 9.84 Å². The second-order valence-corrected chi connectivity index (χ2v) is 5.24. The lowest BCUT2D eigenvalue weighted by Gasteiger charge is -2.25. The molecule has 0 aromatic rings. The molecule has 2 fully saturated rings. The molecule has 16 heavy (non-hydrogen) atoms. The molecule has 0 aromatic heterocycles. The van der Waals surface area contributed by atoms with Gasteiger partial charge in [0, 0.05) is 32.3 Å². The maximum Gasteiger partial charge on any atom is 0.308 e. The van der Waals surface area contributed by atoms with E-state index in [4.69, 9.17) is 9.84 Å². The van der Waals surface area contributed by atoms with Gasteiger partial charge in [0.2, 0.25) is 0 Å². The van der Waals surface area contributed by atoms with Crippen LogP contribution in [0.15, 0.2) is 0 Å². The van der Waals surface area contributed by atoms with Crippen molar-refractivity contribution in [3.05, 3.63) is 0 Å². The molecular weight excluding hydrogens is 206 g/mol. The summed E-state index contributed by atoms with van der Waals surface area (Å²) < 4.78 is 5.14. The van der Waals surface area contributed by atoms with Gasteiger partial charge in [0.15, 0.2) is 0 Å². The van der Waals surface area contributed by atoms with Crippen molar-refractivity contribution in [2.45, 2.75) is 38.3 Å². The Bertz CT molecular complexity index is 269. The molecule has 0 aliphatic carbocycles. The summed E-state index contributed by atoms with van der Waals surface area (Å²) >= 11 is 0. The van der Waals surface area contributed by atoms with Gasteiger partial charge >= 0.3 is 5.97 Å². The minimum atomic E-state index is -0.614. The summed E-state index contributed by atoms with van der Waals surface area (Å²) in [5.74, 6) is -0.259. The lowest BCUT2D eigenvalue weighted by atomic mass is 9.89. The van der Waals surface area contributed by atoms with Gasteiger partial charge in [-0.15, -0.1) is 0 Å². The fourth-order valence-electron chi connectivity index (χ4n) is 3.35. The maximum atomic E-state index is 11.1. The van der Waals surface area contributed by atoms with Gasteiger partial charge in [-0.25, -0.2) is 0 Å². The highest BCUT2D eigenvalue weighted by Crippen LogP contribution is 2.42. The van der Waals surface area contributed by atoms with Crippen LogP contribution in [0.4, 0.5) is 0 Å². The maximum absolute atomic E-state index is 11.1. The summed E-state index contributed by atoms with van der Waals surface area (Å²) in [6.07, 6.45) is 3.08. The molecule has 2 bridgehead atoms. The number of carboxylic acid groups (broad SMARTS) is 1. The van der Waals surface area contributed by atoms with Crippen LogP contribution in [0.2, 0.25) is 0 Å². The number of hydrogen-bond acceptors (Lipinski definition) is 3. The van der Waals surface area contributed by atoms with Crippen molar-refractivity contribution < 1.29 is 14.6 Å². The molecular formula is C12H21NO3. The van der Waals surface area contributed by atoms with E-state index in [2.05, 4.69) is 11.8 Å². The minimum Gasteiger partial charge on any atom is -0.481 e. The molecule has 0 aromatic carbocycles. The van der Waals surface area contributed by atoms with Crippen molar-refractivity contribution in [2.24, 2.45) is 11.8 Å². The van der Waals surface area contributed by atoms with E-state index in [0.717, 1.165) is 26.0 Å². The van der Waals surface area contributed by atoms with Crippen molar-refractivity contribution in [3.63, 3.8) is 0 Å². The van der Waals surface area contributed by atoms with E-state index in [1.54, 1.807) is 7.11 Å². The lowest BCUT2D eigenvalue weighted by molar-refractivity contribution is -0.142. The standard InChI is InChI=1S/C12H21NO3/c1-8(7-16-2)6-13-9-3-4-11(13)10(5-9)12(14)15/h8-11H,3-7H2,1-2H3,(H,14,15). The number of rotatable bonds is 5. The zero-order chi connectivity index (χ0) is 11.7. The summed E-state index contributed by atoms with van der Waals surface area (Å²) in [7, 11) is 1.72. The van der Waals surface area contributed by atoms with Crippen LogP contribution in [0, 0.1) is 11.8 Å². The van der Waals surface area contributed by atoms with Gasteiger partial charge in [0.25, 0.3) is 0 Å². The molecule has 0 amide bonds. The van der Waals surface area contributed by atoms with E-state index >= 15 is 0 Å². The Kier molecular flexibility index (Phi) is 3.50. The Morgan fingerprint density at radius 2 is 2.31 bits per heavy atom. The van der Waals surface area contributed by atoms with Crippen LogP contribution in [0.5, 0.6) is 0 Å². The predicted molar refractivity (Wildman–Crippen MR) is 60.3 cm³/mol. The molecule has 1 N–H and O–H groups in total. The van der Waals surface area contributed by atoms with Crippen LogP contribution >= 0.6 is 0 Å². The second-order valence-electron chi connectivity index (χ2n) is 5.24. The number of hydrogen-bond donors (Lipinski definition) is 1. The van der Waals surface area contributed by atoms with Crippen LogP contribution in [0.25, 0.3) is 0 Å². The van der Waals surface area contributed by atoms with E-state index in [1.165, 1.54) is 6.42 Å². The van der Waals surface area contributed by atoms with Crippen molar-refractivity contribution in [2.75, 3.05) is 20.3 Å². The number of nitrogens with zero attached hydrogens (tertiary/aromatic N) is 1. The summed E-state index contributed by atoms with van der Waals surface area (Å²) in [5, 5.41) is 9.14. The smallest absolute Gasteiger partial charge is 0.308 e. The van der Waals surface area contributed by atoms with E-state index in [9.17, 15) is 4.79 Å². The highest BCUT2D eigenvalue weighted by Gasteiger charge is 2.49. The van der Waals surface area contributed by atoms with Gasteiger partial charge in [-0.3, -0.25) is 9.69 Å². The van der Waals surface area contributed by atoms with E-state index < -0.39 is 5.97 Å². The molecule has 0 spiro atoms. The molecule has 4 unspecified atom stereocenters. The van der Waals surface area contributed by atoms with Crippen LogP contribution in [-0.2, 0) is 9.53 Å². The SMILES string of the molecule is COCC(C)CN1C2CCC1C(C(=O)O)C2. The lowest BCUT2D eigenvalue weighted by Crippen LogP contribution is -2.36. The Morgan fingerprint density at radius 3 is 2.88 bits per heavy atom. The Labute approximate surface area is 96.6 Å². The summed E-state index contributed by atoms with van der Waals surface area (Å²) in [6.45, 7) is 3.90. The normalized spacial score (nSPS) is 35.5.